The van der Waals surface area contributed by atoms with Gasteiger partial charge in [0.15, 0.2) is 0 Å². The van der Waals surface area contributed by atoms with E-state index < -0.39 is 0 Å². The Balaban J connectivity index is 1.60. The number of fused-ring (bicyclic) bond motifs is 1. The van der Waals surface area contributed by atoms with Gasteiger partial charge < -0.3 is 24.8 Å². The van der Waals surface area contributed by atoms with Crippen LogP contribution < -0.4 is 10.6 Å². The lowest BCUT2D eigenvalue weighted by Gasteiger charge is -2.28. The topological polar surface area (TPSA) is 71.4 Å². The van der Waals surface area contributed by atoms with E-state index in [1.54, 1.807) is 19.2 Å². The van der Waals surface area contributed by atoms with Gasteiger partial charge in [0.2, 0.25) is 5.91 Å². The Kier molecular flexibility index (Phi) is 6.82. The summed E-state index contributed by atoms with van der Waals surface area (Å²) in [5, 5.41) is 6.59. The van der Waals surface area contributed by atoms with Crippen LogP contribution in [0.25, 0.3) is 11.3 Å². The van der Waals surface area contributed by atoms with Crippen molar-refractivity contribution in [1.82, 2.24) is 19.8 Å². The number of imidazole rings is 1. The fraction of sp³-hybridized carbons (Fsp3) is 0.333. The zero-order chi connectivity index (χ0) is 22.5. The highest BCUT2D eigenvalue weighted by Crippen LogP contribution is 2.33. The van der Waals surface area contributed by atoms with E-state index in [1.165, 1.54) is 17.7 Å². The molecule has 0 fully saturated rings. The zero-order valence-corrected chi connectivity index (χ0v) is 18.4. The SMILES string of the molecule is COCCNCC(=O)N1CCn2c(nc(-c3ccc(F)cc3)c2Nc2ccc(C)cc2)C1. The molecule has 1 amide bonds. The number of carbonyl (C=O) groups is 1. The Hall–Kier alpha value is -3.23. The van der Waals surface area contributed by atoms with Crippen LogP contribution >= 0.6 is 0 Å². The van der Waals surface area contributed by atoms with Gasteiger partial charge in [0.05, 0.1) is 19.7 Å². The molecule has 0 saturated carbocycles. The summed E-state index contributed by atoms with van der Waals surface area (Å²) in [5.41, 5.74) is 3.69. The first-order chi connectivity index (χ1) is 15.5. The average molecular weight is 438 g/mol. The van der Waals surface area contributed by atoms with Gasteiger partial charge in [0.25, 0.3) is 0 Å². The van der Waals surface area contributed by atoms with Crippen LogP contribution in [0.15, 0.2) is 48.5 Å². The number of anilines is 2. The molecule has 0 radical (unpaired) electrons. The molecule has 0 saturated heterocycles. The summed E-state index contributed by atoms with van der Waals surface area (Å²) < 4.78 is 20.6. The number of amides is 1. The van der Waals surface area contributed by atoms with Crippen molar-refractivity contribution in [2.24, 2.45) is 0 Å². The highest BCUT2D eigenvalue weighted by Gasteiger charge is 2.26. The van der Waals surface area contributed by atoms with Crippen molar-refractivity contribution in [3.8, 4) is 11.3 Å². The third-order valence-corrected chi connectivity index (χ3v) is 5.52. The van der Waals surface area contributed by atoms with E-state index in [1.807, 2.05) is 36.1 Å². The first kappa shape index (κ1) is 22.0. The molecule has 0 bridgehead atoms. The second kappa shape index (κ2) is 9.93. The molecule has 0 spiro atoms. The number of rotatable bonds is 8. The number of hydrogen-bond donors (Lipinski definition) is 2. The minimum Gasteiger partial charge on any atom is -0.383 e. The van der Waals surface area contributed by atoms with E-state index in [-0.39, 0.29) is 18.3 Å². The lowest BCUT2D eigenvalue weighted by Crippen LogP contribution is -2.43. The summed E-state index contributed by atoms with van der Waals surface area (Å²) in [6, 6.07) is 14.5. The number of aryl methyl sites for hydroxylation is 1. The van der Waals surface area contributed by atoms with E-state index in [0.29, 0.717) is 32.8 Å². The summed E-state index contributed by atoms with van der Waals surface area (Å²) in [6.45, 7) is 5.15. The van der Waals surface area contributed by atoms with Gasteiger partial charge >= 0.3 is 0 Å². The van der Waals surface area contributed by atoms with Crippen LogP contribution in [-0.2, 0) is 22.6 Å². The Morgan fingerprint density at radius 3 is 2.59 bits per heavy atom. The highest BCUT2D eigenvalue weighted by atomic mass is 19.1. The quantitative estimate of drug-likeness (QED) is 0.529. The van der Waals surface area contributed by atoms with Crippen molar-refractivity contribution in [2.75, 3.05) is 38.7 Å². The fourth-order valence-corrected chi connectivity index (χ4v) is 3.73. The number of aromatic nitrogens is 2. The summed E-state index contributed by atoms with van der Waals surface area (Å²) in [7, 11) is 1.63. The maximum absolute atomic E-state index is 13.5. The number of carbonyl (C=O) groups excluding carboxylic acids is 1. The fourth-order valence-electron chi connectivity index (χ4n) is 3.73. The standard InChI is InChI=1S/C24H28FN5O2/c1-17-3-9-20(10-4-17)27-24-23(18-5-7-19(25)8-6-18)28-21-16-29(12-13-30(21)24)22(31)15-26-11-14-32-2/h3-10,26-27H,11-16H2,1-2H3. The number of nitrogens with zero attached hydrogens (tertiary/aromatic N) is 3. The summed E-state index contributed by atoms with van der Waals surface area (Å²) in [6.07, 6.45) is 0. The van der Waals surface area contributed by atoms with Crippen molar-refractivity contribution >= 4 is 17.4 Å². The first-order valence-corrected chi connectivity index (χ1v) is 10.7. The molecule has 2 heterocycles. The summed E-state index contributed by atoms with van der Waals surface area (Å²) >= 11 is 0. The minimum atomic E-state index is -0.288. The predicted molar refractivity (Wildman–Crippen MR) is 122 cm³/mol. The third kappa shape index (κ3) is 4.98. The summed E-state index contributed by atoms with van der Waals surface area (Å²) in [5.74, 6) is 1.39. The van der Waals surface area contributed by atoms with E-state index in [0.717, 1.165) is 28.6 Å². The van der Waals surface area contributed by atoms with Gasteiger partial charge in [0, 0.05) is 38.0 Å². The van der Waals surface area contributed by atoms with Crippen molar-refractivity contribution in [3.63, 3.8) is 0 Å². The molecule has 1 aliphatic heterocycles. The van der Waals surface area contributed by atoms with Gasteiger partial charge in [-0.05, 0) is 43.3 Å². The first-order valence-electron chi connectivity index (χ1n) is 10.7. The largest absolute Gasteiger partial charge is 0.383 e. The molecule has 32 heavy (non-hydrogen) atoms. The second-order valence-electron chi connectivity index (χ2n) is 7.86. The van der Waals surface area contributed by atoms with E-state index in [4.69, 9.17) is 9.72 Å². The van der Waals surface area contributed by atoms with Crippen molar-refractivity contribution in [3.05, 3.63) is 65.7 Å². The van der Waals surface area contributed by atoms with Crippen LogP contribution in [0, 0.1) is 12.7 Å². The number of benzene rings is 2. The lowest BCUT2D eigenvalue weighted by molar-refractivity contribution is -0.131. The van der Waals surface area contributed by atoms with E-state index in [9.17, 15) is 9.18 Å². The van der Waals surface area contributed by atoms with Crippen LogP contribution in [-0.4, -0.2) is 53.7 Å². The molecule has 7 nitrogen and oxygen atoms in total. The van der Waals surface area contributed by atoms with Crippen LogP contribution in [0.2, 0.25) is 0 Å². The highest BCUT2D eigenvalue weighted by molar-refractivity contribution is 5.79. The Morgan fingerprint density at radius 1 is 1.12 bits per heavy atom. The van der Waals surface area contributed by atoms with Crippen LogP contribution in [0.3, 0.4) is 0 Å². The maximum atomic E-state index is 13.5. The monoisotopic (exact) mass is 437 g/mol. The molecule has 8 heteroatoms. The third-order valence-electron chi connectivity index (χ3n) is 5.52. The van der Waals surface area contributed by atoms with Gasteiger partial charge in [0.1, 0.15) is 23.2 Å². The Bertz CT molecular complexity index is 1060. The van der Waals surface area contributed by atoms with Gasteiger partial charge in [-0.2, -0.15) is 0 Å². The predicted octanol–water partition coefficient (Wildman–Crippen LogP) is 3.32. The van der Waals surface area contributed by atoms with E-state index in [2.05, 4.69) is 15.2 Å². The molecule has 0 atom stereocenters. The van der Waals surface area contributed by atoms with Crippen LogP contribution in [0.1, 0.15) is 11.4 Å². The molecule has 168 valence electrons. The molecule has 2 N–H and O–H groups in total. The number of nitrogens with one attached hydrogen (secondary N) is 2. The maximum Gasteiger partial charge on any atom is 0.236 e. The van der Waals surface area contributed by atoms with Crippen molar-refractivity contribution < 1.29 is 13.9 Å². The molecule has 3 aromatic rings. The van der Waals surface area contributed by atoms with Gasteiger partial charge in [-0.3, -0.25) is 4.79 Å². The van der Waals surface area contributed by atoms with Crippen molar-refractivity contribution in [1.29, 1.82) is 0 Å². The molecule has 1 aliphatic rings. The Morgan fingerprint density at radius 2 is 1.88 bits per heavy atom. The normalized spacial score (nSPS) is 13.2. The van der Waals surface area contributed by atoms with Crippen molar-refractivity contribution in [2.45, 2.75) is 20.0 Å². The number of ether oxygens (including phenoxy) is 1. The average Bonchev–Trinajstić information content (AvgIpc) is 3.16. The number of halogens is 1. The van der Waals surface area contributed by atoms with E-state index >= 15 is 0 Å². The van der Waals surface area contributed by atoms with Gasteiger partial charge in [-0.1, -0.05) is 17.7 Å². The molecular formula is C24H28FN5O2. The number of methoxy groups -OCH3 is 1. The van der Waals surface area contributed by atoms with Gasteiger partial charge in [-0.15, -0.1) is 0 Å². The minimum absolute atomic E-state index is 0.0340. The van der Waals surface area contributed by atoms with Crippen LogP contribution in [0.5, 0.6) is 0 Å². The Labute approximate surface area is 187 Å². The molecule has 0 unspecified atom stereocenters. The molecule has 2 aromatic carbocycles. The molecule has 0 aliphatic carbocycles. The molecule has 1 aromatic heterocycles. The molecule has 4 rings (SSSR count). The zero-order valence-electron chi connectivity index (χ0n) is 18.4. The van der Waals surface area contributed by atoms with Crippen LogP contribution in [0.4, 0.5) is 15.9 Å². The second-order valence-corrected chi connectivity index (χ2v) is 7.86. The summed E-state index contributed by atoms with van der Waals surface area (Å²) in [4.78, 5) is 19.3. The lowest BCUT2D eigenvalue weighted by atomic mass is 10.1. The molecular weight excluding hydrogens is 409 g/mol. The number of hydrogen-bond acceptors (Lipinski definition) is 5. The smallest absolute Gasteiger partial charge is 0.236 e. The van der Waals surface area contributed by atoms with Gasteiger partial charge in [-0.25, -0.2) is 9.37 Å².